The predicted molar refractivity (Wildman–Crippen MR) is 140 cm³/mol. The fraction of sp³-hybridized carbons (Fsp3) is 0.296. The number of hydrogen-bond acceptors (Lipinski definition) is 4. The molecule has 5 nitrogen and oxygen atoms in total. The molecule has 0 fully saturated rings. The monoisotopic (exact) mass is 500 g/mol. The third-order valence-corrected chi connectivity index (χ3v) is 5.53. The highest BCUT2D eigenvalue weighted by Crippen LogP contribution is 2.31. The molecule has 0 saturated carbocycles. The number of hydrogen-bond donors (Lipinski definition) is 2. The summed E-state index contributed by atoms with van der Waals surface area (Å²) in [4.78, 5) is 12.1. The van der Waals surface area contributed by atoms with E-state index in [-0.39, 0.29) is 5.91 Å². The maximum Gasteiger partial charge on any atom is 0.224 e. The van der Waals surface area contributed by atoms with Crippen molar-refractivity contribution in [1.29, 1.82) is 0 Å². The van der Waals surface area contributed by atoms with Crippen molar-refractivity contribution in [2.75, 3.05) is 17.2 Å². The molecule has 2 N–H and O–H groups in total. The van der Waals surface area contributed by atoms with Gasteiger partial charge in [0.15, 0.2) is 11.5 Å². The van der Waals surface area contributed by atoms with Crippen LogP contribution in [0.2, 0.25) is 10.0 Å². The Morgan fingerprint density at radius 2 is 1.74 bits per heavy atom. The SMILES string of the molecule is CCOc1cc(CNc2cccc(NC(=O)CC(C)C)c2)ccc1OCc1ccc(Cl)cc1Cl. The molecule has 1 amide bonds. The Hall–Kier alpha value is -2.89. The molecule has 0 aromatic heterocycles. The second-order valence-corrected chi connectivity index (χ2v) is 9.16. The first-order chi connectivity index (χ1) is 16.3. The van der Waals surface area contributed by atoms with Crippen LogP contribution >= 0.6 is 23.2 Å². The molecule has 0 aliphatic carbocycles. The minimum Gasteiger partial charge on any atom is -0.490 e. The van der Waals surface area contributed by atoms with Gasteiger partial charge in [0.2, 0.25) is 5.91 Å². The topological polar surface area (TPSA) is 59.6 Å². The van der Waals surface area contributed by atoms with Crippen molar-refractivity contribution in [2.45, 2.75) is 40.3 Å². The summed E-state index contributed by atoms with van der Waals surface area (Å²) in [6, 6.07) is 18.9. The molecule has 0 radical (unpaired) electrons. The van der Waals surface area contributed by atoms with Crippen molar-refractivity contribution in [2.24, 2.45) is 5.92 Å². The fourth-order valence-corrected chi connectivity index (χ4v) is 3.80. The van der Waals surface area contributed by atoms with Gasteiger partial charge in [-0.15, -0.1) is 0 Å². The van der Waals surface area contributed by atoms with Gasteiger partial charge in [0, 0.05) is 39.9 Å². The standard InChI is InChI=1S/C27H30Cl2N2O3/c1-4-33-26-13-19(8-11-25(26)34-17-20-9-10-21(28)14-24(20)29)16-30-22-6-5-7-23(15-22)31-27(32)12-18(2)3/h5-11,13-15,18,30H,4,12,16-17H2,1-3H3,(H,31,32). The molecule has 0 atom stereocenters. The molecule has 3 aromatic carbocycles. The zero-order chi connectivity index (χ0) is 24.5. The summed E-state index contributed by atoms with van der Waals surface area (Å²) >= 11 is 12.2. The van der Waals surface area contributed by atoms with Crippen LogP contribution in [0.5, 0.6) is 11.5 Å². The third-order valence-electron chi connectivity index (χ3n) is 4.94. The number of halogens is 2. The lowest BCUT2D eigenvalue weighted by atomic mass is 10.1. The van der Waals surface area contributed by atoms with Crippen LogP contribution in [0.25, 0.3) is 0 Å². The number of amides is 1. The largest absolute Gasteiger partial charge is 0.490 e. The van der Waals surface area contributed by atoms with Crippen LogP contribution in [0.15, 0.2) is 60.7 Å². The maximum atomic E-state index is 12.1. The fourth-order valence-electron chi connectivity index (χ4n) is 3.34. The summed E-state index contributed by atoms with van der Waals surface area (Å²) in [5, 5.41) is 7.50. The van der Waals surface area contributed by atoms with E-state index >= 15 is 0 Å². The summed E-state index contributed by atoms with van der Waals surface area (Å²) in [6.07, 6.45) is 0.497. The van der Waals surface area contributed by atoms with Gasteiger partial charge in [0.25, 0.3) is 0 Å². The maximum absolute atomic E-state index is 12.1. The zero-order valence-corrected chi connectivity index (χ0v) is 21.2. The van der Waals surface area contributed by atoms with Gasteiger partial charge < -0.3 is 20.1 Å². The third kappa shape index (κ3) is 7.86. The lowest BCUT2D eigenvalue weighted by Gasteiger charge is -2.15. The molecule has 0 aliphatic heterocycles. The minimum absolute atomic E-state index is 0.0176. The second-order valence-electron chi connectivity index (χ2n) is 8.32. The van der Waals surface area contributed by atoms with Gasteiger partial charge in [0.05, 0.1) is 6.61 Å². The number of carbonyl (C=O) groups excluding carboxylic acids is 1. The zero-order valence-electron chi connectivity index (χ0n) is 19.7. The highest BCUT2D eigenvalue weighted by atomic mass is 35.5. The normalized spacial score (nSPS) is 10.8. The molecule has 3 aromatic rings. The number of benzene rings is 3. The number of ether oxygens (including phenoxy) is 2. The minimum atomic E-state index is 0.0176. The van der Waals surface area contributed by atoms with Crippen LogP contribution in [-0.4, -0.2) is 12.5 Å². The summed E-state index contributed by atoms with van der Waals surface area (Å²) in [6.45, 7) is 7.40. The molecule has 3 rings (SSSR count). The van der Waals surface area contributed by atoms with E-state index in [9.17, 15) is 4.79 Å². The molecular formula is C27H30Cl2N2O3. The van der Waals surface area contributed by atoms with Crippen molar-refractivity contribution in [1.82, 2.24) is 0 Å². The average Bonchev–Trinajstić information content (AvgIpc) is 2.78. The lowest BCUT2D eigenvalue weighted by Crippen LogP contribution is -2.13. The Kier molecular flexibility index (Phi) is 9.49. The molecule has 0 bridgehead atoms. The van der Waals surface area contributed by atoms with E-state index in [4.69, 9.17) is 32.7 Å². The molecule has 180 valence electrons. The van der Waals surface area contributed by atoms with E-state index in [2.05, 4.69) is 10.6 Å². The molecule has 0 heterocycles. The van der Waals surface area contributed by atoms with Crippen LogP contribution in [-0.2, 0) is 17.9 Å². The first-order valence-corrected chi connectivity index (χ1v) is 12.1. The lowest BCUT2D eigenvalue weighted by molar-refractivity contribution is -0.116. The van der Waals surface area contributed by atoms with Gasteiger partial charge in [-0.25, -0.2) is 0 Å². The predicted octanol–water partition coefficient (Wildman–Crippen LogP) is 7.57. The Morgan fingerprint density at radius 3 is 2.47 bits per heavy atom. The summed E-state index contributed by atoms with van der Waals surface area (Å²) < 4.78 is 11.8. The summed E-state index contributed by atoms with van der Waals surface area (Å²) in [5.41, 5.74) is 3.57. The van der Waals surface area contributed by atoms with Gasteiger partial charge in [-0.3, -0.25) is 4.79 Å². The first-order valence-electron chi connectivity index (χ1n) is 11.3. The molecule has 0 unspecified atom stereocenters. The number of rotatable bonds is 11. The van der Waals surface area contributed by atoms with E-state index < -0.39 is 0 Å². The van der Waals surface area contributed by atoms with Crippen LogP contribution in [0.1, 0.15) is 38.3 Å². The van der Waals surface area contributed by atoms with Crippen LogP contribution in [0.3, 0.4) is 0 Å². The number of nitrogens with one attached hydrogen (secondary N) is 2. The van der Waals surface area contributed by atoms with Crippen molar-refractivity contribution >= 4 is 40.5 Å². The Bertz CT molecular complexity index is 1120. The van der Waals surface area contributed by atoms with Crippen molar-refractivity contribution in [3.63, 3.8) is 0 Å². The van der Waals surface area contributed by atoms with E-state index in [1.54, 1.807) is 12.1 Å². The number of anilines is 2. The molecule has 0 saturated heterocycles. The summed E-state index contributed by atoms with van der Waals surface area (Å²) in [5.74, 6) is 1.65. The van der Waals surface area contributed by atoms with Gasteiger partial charge in [0.1, 0.15) is 6.61 Å². The van der Waals surface area contributed by atoms with E-state index in [1.807, 2.05) is 69.3 Å². The van der Waals surface area contributed by atoms with Crippen LogP contribution < -0.4 is 20.1 Å². The van der Waals surface area contributed by atoms with Crippen molar-refractivity contribution in [3.05, 3.63) is 81.8 Å². The van der Waals surface area contributed by atoms with Gasteiger partial charge in [-0.2, -0.15) is 0 Å². The van der Waals surface area contributed by atoms with Gasteiger partial charge in [-0.1, -0.05) is 55.2 Å². The van der Waals surface area contributed by atoms with E-state index in [0.29, 0.717) is 53.6 Å². The molecule has 34 heavy (non-hydrogen) atoms. The molecular weight excluding hydrogens is 471 g/mol. The molecule has 7 heteroatoms. The highest BCUT2D eigenvalue weighted by molar-refractivity contribution is 6.35. The quantitative estimate of drug-likeness (QED) is 0.285. The highest BCUT2D eigenvalue weighted by Gasteiger charge is 2.10. The Balaban J connectivity index is 1.63. The van der Waals surface area contributed by atoms with Crippen molar-refractivity contribution < 1.29 is 14.3 Å². The Morgan fingerprint density at radius 1 is 0.941 bits per heavy atom. The first kappa shape index (κ1) is 25.7. The second kappa shape index (κ2) is 12.5. The smallest absolute Gasteiger partial charge is 0.224 e. The molecule has 0 spiro atoms. The van der Waals surface area contributed by atoms with Crippen LogP contribution in [0, 0.1) is 5.92 Å². The number of carbonyl (C=O) groups is 1. The summed E-state index contributed by atoms with van der Waals surface area (Å²) in [7, 11) is 0. The van der Waals surface area contributed by atoms with Gasteiger partial charge >= 0.3 is 0 Å². The Labute approximate surface area is 211 Å². The van der Waals surface area contributed by atoms with E-state index in [1.165, 1.54) is 0 Å². The van der Waals surface area contributed by atoms with Crippen LogP contribution in [0.4, 0.5) is 11.4 Å². The van der Waals surface area contributed by atoms with Gasteiger partial charge in [-0.05, 0) is 60.9 Å². The van der Waals surface area contributed by atoms with Crippen molar-refractivity contribution in [3.8, 4) is 11.5 Å². The van der Waals surface area contributed by atoms with E-state index in [0.717, 1.165) is 22.5 Å². The average molecular weight is 501 g/mol. The molecule has 0 aliphatic rings.